The lowest BCUT2D eigenvalue weighted by Crippen LogP contribution is -2.27. The van der Waals surface area contributed by atoms with Gasteiger partial charge >= 0.3 is 5.97 Å². The first-order chi connectivity index (χ1) is 9.58. The lowest BCUT2D eigenvalue weighted by atomic mass is 10.2. The van der Waals surface area contributed by atoms with Gasteiger partial charge in [-0.2, -0.15) is 5.26 Å². The van der Waals surface area contributed by atoms with Crippen molar-refractivity contribution >= 4 is 11.9 Å². The first-order valence-electron chi connectivity index (χ1n) is 6.08. The number of benzene rings is 1. The zero-order valence-corrected chi connectivity index (χ0v) is 11.4. The summed E-state index contributed by atoms with van der Waals surface area (Å²) in [5, 5.41) is 11.1. The zero-order chi connectivity index (χ0) is 15.0. The van der Waals surface area contributed by atoms with Crippen molar-refractivity contribution in [1.82, 2.24) is 5.32 Å². The molecule has 0 bridgehead atoms. The molecule has 1 aromatic carbocycles. The quantitative estimate of drug-likeness (QED) is 0.790. The minimum Gasteiger partial charge on any atom is -0.496 e. The van der Waals surface area contributed by atoms with Gasteiger partial charge in [0, 0.05) is 6.54 Å². The highest BCUT2D eigenvalue weighted by Gasteiger charge is 2.12. The summed E-state index contributed by atoms with van der Waals surface area (Å²) < 4.78 is 9.83. The van der Waals surface area contributed by atoms with Crippen LogP contribution in [-0.4, -0.2) is 31.6 Å². The van der Waals surface area contributed by atoms with Crippen LogP contribution in [0.1, 0.15) is 23.7 Å². The second-order valence-corrected chi connectivity index (χ2v) is 3.97. The third kappa shape index (κ3) is 4.61. The molecule has 1 N–H and O–H groups in total. The van der Waals surface area contributed by atoms with Crippen LogP contribution < -0.4 is 10.1 Å². The van der Waals surface area contributed by atoms with E-state index in [0.717, 1.165) is 0 Å². The van der Waals surface area contributed by atoms with Crippen molar-refractivity contribution in [3.63, 3.8) is 0 Å². The largest absolute Gasteiger partial charge is 0.496 e. The molecule has 0 aromatic heterocycles. The summed E-state index contributed by atoms with van der Waals surface area (Å²) >= 11 is 0. The Morgan fingerprint density at radius 1 is 1.40 bits per heavy atom. The molecule has 0 fully saturated rings. The number of nitrogens with zero attached hydrogens (tertiary/aromatic N) is 1. The lowest BCUT2D eigenvalue weighted by molar-refractivity contribution is -0.145. The Bertz CT molecular complexity index is 522. The Balaban J connectivity index is 2.44. The molecule has 0 saturated carbocycles. The second-order valence-electron chi connectivity index (χ2n) is 3.97. The molecule has 1 rings (SSSR count). The Labute approximate surface area is 117 Å². The summed E-state index contributed by atoms with van der Waals surface area (Å²) in [6, 6.07) is 8.58. The molecule has 6 nitrogen and oxygen atoms in total. The first kappa shape index (κ1) is 15.5. The van der Waals surface area contributed by atoms with Crippen LogP contribution in [0.15, 0.2) is 24.3 Å². The third-order valence-electron chi connectivity index (χ3n) is 2.46. The van der Waals surface area contributed by atoms with Crippen molar-refractivity contribution in [2.24, 2.45) is 0 Å². The van der Waals surface area contributed by atoms with Gasteiger partial charge in [0.25, 0.3) is 5.91 Å². The molecule has 0 spiro atoms. The number of carbonyl (C=O) groups excluding carboxylic acids is 2. The number of amides is 1. The van der Waals surface area contributed by atoms with E-state index >= 15 is 0 Å². The number of nitriles is 1. The topological polar surface area (TPSA) is 88.4 Å². The van der Waals surface area contributed by atoms with Crippen LogP contribution in [0.4, 0.5) is 0 Å². The van der Waals surface area contributed by atoms with Crippen molar-refractivity contribution < 1.29 is 19.1 Å². The number of methoxy groups -OCH3 is 1. The van der Waals surface area contributed by atoms with Crippen LogP contribution in [0.25, 0.3) is 0 Å². The van der Waals surface area contributed by atoms with Crippen molar-refractivity contribution in [1.29, 1.82) is 5.26 Å². The van der Waals surface area contributed by atoms with Crippen LogP contribution >= 0.6 is 0 Å². The van der Waals surface area contributed by atoms with E-state index < -0.39 is 12.1 Å². The monoisotopic (exact) mass is 276 g/mol. The molecule has 6 heteroatoms. The van der Waals surface area contributed by atoms with Crippen LogP contribution in [0, 0.1) is 11.3 Å². The maximum Gasteiger partial charge on any atom is 0.308 e. The SMILES string of the molecule is COc1ccccc1C(=O)NCCC(=O)O[C@H](C)C#N. The van der Waals surface area contributed by atoms with Gasteiger partial charge in [0.15, 0.2) is 6.10 Å². The van der Waals surface area contributed by atoms with Crippen LogP contribution in [0.5, 0.6) is 5.75 Å². The average Bonchev–Trinajstić information content (AvgIpc) is 2.46. The van der Waals surface area contributed by atoms with E-state index in [9.17, 15) is 9.59 Å². The number of hydrogen-bond donors (Lipinski definition) is 1. The molecule has 0 aliphatic rings. The molecule has 106 valence electrons. The fraction of sp³-hybridized carbons (Fsp3) is 0.357. The molecule has 1 amide bonds. The van der Waals surface area contributed by atoms with E-state index in [-0.39, 0.29) is 18.9 Å². The summed E-state index contributed by atoms with van der Waals surface area (Å²) in [6.07, 6.45) is -0.778. The molecule has 0 radical (unpaired) electrons. The Kier molecular flexibility index (Phi) is 6.04. The van der Waals surface area contributed by atoms with Crippen molar-refractivity contribution in [3.8, 4) is 11.8 Å². The van der Waals surface area contributed by atoms with E-state index in [1.54, 1.807) is 30.3 Å². The van der Waals surface area contributed by atoms with E-state index in [4.69, 9.17) is 14.7 Å². The smallest absolute Gasteiger partial charge is 0.308 e. The van der Waals surface area contributed by atoms with Gasteiger partial charge in [-0.1, -0.05) is 12.1 Å². The summed E-state index contributed by atoms with van der Waals surface area (Å²) in [5.41, 5.74) is 0.397. The van der Waals surface area contributed by atoms with Crippen LogP contribution in [-0.2, 0) is 9.53 Å². The van der Waals surface area contributed by atoms with Gasteiger partial charge in [-0.05, 0) is 19.1 Å². The molecular weight excluding hydrogens is 260 g/mol. The highest BCUT2D eigenvalue weighted by molar-refractivity contribution is 5.97. The van der Waals surface area contributed by atoms with Gasteiger partial charge in [0.1, 0.15) is 11.8 Å². The number of para-hydroxylation sites is 1. The fourth-order valence-corrected chi connectivity index (χ4v) is 1.49. The van der Waals surface area contributed by atoms with Gasteiger partial charge in [-0.25, -0.2) is 0 Å². The highest BCUT2D eigenvalue weighted by Crippen LogP contribution is 2.16. The van der Waals surface area contributed by atoms with Gasteiger partial charge in [0.05, 0.1) is 19.1 Å². The summed E-state index contributed by atoms with van der Waals surface area (Å²) in [6.45, 7) is 1.61. The second kappa shape index (κ2) is 7.79. The number of nitrogens with one attached hydrogen (secondary N) is 1. The minimum atomic E-state index is -0.785. The number of hydrogen-bond acceptors (Lipinski definition) is 5. The van der Waals surface area contributed by atoms with Gasteiger partial charge < -0.3 is 14.8 Å². The maximum absolute atomic E-state index is 11.9. The molecule has 0 saturated heterocycles. The van der Waals surface area contributed by atoms with E-state index in [1.807, 2.05) is 0 Å². The predicted molar refractivity (Wildman–Crippen MR) is 71.1 cm³/mol. The third-order valence-corrected chi connectivity index (χ3v) is 2.46. The van der Waals surface area contributed by atoms with Crippen molar-refractivity contribution in [3.05, 3.63) is 29.8 Å². The summed E-state index contributed by atoms with van der Waals surface area (Å²) in [7, 11) is 1.48. The van der Waals surface area contributed by atoms with Crippen molar-refractivity contribution in [2.75, 3.05) is 13.7 Å². The number of esters is 1. The van der Waals surface area contributed by atoms with E-state index in [2.05, 4.69) is 5.32 Å². The number of ether oxygens (including phenoxy) is 2. The Morgan fingerprint density at radius 3 is 2.75 bits per heavy atom. The minimum absolute atomic E-state index is 0.00685. The van der Waals surface area contributed by atoms with Crippen LogP contribution in [0.2, 0.25) is 0 Å². The van der Waals surface area contributed by atoms with Crippen LogP contribution in [0.3, 0.4) is 0 Å². The standard InChI is InChI=1S/C14H16N2O4/c1-10(9-15)20-13(17)7-8-16-14(18)11-5-3-4-6-12(11)19-2/h3-6,10H,7-8H2,1-2H3,(H,16,18)/t10-/m1/s1. The fourth-order valence-electron chi connectivity index (χ4n) is 1.49. The molecule has 0 aliphatic carbocycles. The number of rotatable bonds is 6. The zero-order valence-electron chi connectivity index (χ0n) is 11.4. The molecule has 0 heterocycles. The molecule has 1 atom stereocenters. The Hall–Kier alpha value is -2.55. The Morgan fingerprint density at radius 2 is 2.10 bits per heavy atom. The van der Waals surface area contributed by atoms with Gasteiger partial charge in [0.2, 0.25) is 0 Å². The average molecular weight is 276 g/mol. The number of carbonyl (C=O) groups is 2. The maximum atomic E-state index is 11.9. The molecule has 0 aliphatic heterocycles. The highest BCUT2D eigenvalue weighted by atomic mass is 16.5. The van der Waals surface area contributed by atoms with E-state index in [0.29, 0.717) is 11.3 Å². The normalized spacial score (nSPS) is 11.1. The predicted octanol–water partition coefficient (Wildman–Crippen LogP) is 1.27. The molecule has 20 heavy (non-hydrogen) atoms. The summed E-state index contributed by atoms with van der Waals surface area (Å²) in [5.74, 6) is -0.395. The van der Waals surface area contributed by atoms with Crippen molar-refractivity contribution in [2.45, 2.75) is 19.4 Å². The molecule has 1 aromatic rings. The molecule has 0 unspecified atom stereocenters. The molecular formula is C14H16N2O4. The van der Waals surface area contributed by atoms with Gasteiger partial charge in [-0.15, -0.1) is 0 Å². The summed E-state index contributed by atoms with van der Waals surface area (Å²) in [4.78, 5) is 23.2. The first-order valence-corrected chi connectivity index (χ1v) is 6.08. The van der Waals surface area contributed by atoms with Gasteiger partial charge in [-0.3, -0.25) is 9.59 Å². The lowest BCUT2D eigenvalue weighted by Gasteiger charge is -2.09. The van der Waals surface area contributed by atoms with E-state index in [1.165, 1.54) is 14.0 Å².